The Balaban J connectivity index is 2.03. The highest BCUT2D eigenvalue weighted by molar-refractivity contribution is 7.92. The number of hydrogen-bond acceptors (Lipinski definition) is 4. The van der Waals surface area contributed by atoms with Gasteiger partial charge in [-0.25, -0.2) is 12.8 Å². The summed E-state index contributed by atoms with van der Waals surface area (Å²) in [5.74, 6) is -0.723. The smallest absolute Gasteiger partial charge is 0.261 e. The first kappa shape index (κ1) is 14.5. The van der Waals surface area contributed by atoms with Crippen LogP contribution in [0, 0.1) is 19.7 Å². The number of aromatic nitrogens is 1. The van der Waals surface area contributed by atoms with Gasteiger partial charge in [0.05, 0.1) is 16.3 Å². The lowest BCUT2D eigenvalue weighted by Crippen LogP contribution is -2.14. The van der Waals surface area contributed by atoms with Gasteiger partial charge in [-0.05, 0) is 32.0 Å². The minimum atomic E-state index is -3.86. The maximum Gasteiger partial charge on any atom is 0.261 e. The second-order valence-electron chi connectivity index (χ2n) is 5.01. The van der Waals surface area contributed by atoms with Gasteiger partial charge in [-0.1, -0.05) is 22.9 Å². The van der Waals surface area contributed by atoms with Crippen LogP contribution in [0.1, 0.15) is 11.3 Å². The number of nitrogens with one attached hydrogen (secondary N) is 1. The van der Waals surface area contributed by atoms with Gasteiger partial charge in [-0.2, -0.15) is 0 Å². The average molecular weight is 320 g/mol. The van der Waals surface area contributed by atoms with E-state index in [1.165, 1.54) is 18.2 Å². The Morgan fingerprint density at radius 3 is 2.50 bits per heavy atom. The zero-order chi connectivity index (χ0) is 15.9. The third-order valence-corrected chi connectivity index (χ3v) is 4.70. The fraction of sp³-hybridized carbons (Fsp3) is 0.133. The summed E-state index contributed by atoms with van der Waals surface area (Å²) in [5.41, 5.74) is 1.63. The first-order valence-corrected chi connectivity index (χ1v) is 8.00. The number of benzene rings is 2. The van der Waals surface area contributed by atoms with Gasteiger partial charge < -0.3 is 4.52 Å². The fourth-order valence-corrected chi connectivity index (χ4v) is 3.14. The quantitative estimate of drug-likeness (QED) is 0.803. The van der Waals surface area contributed by atoms with Crippen molar-refractivity contribution in [2.45, 2.75) is 18.7 Å². The Labute approximate surface area is 126 Å². The van der Waals surface area contributed by atoms with E-state index in [1.54, 1.807) is 19.1 Å². The predicted molar refractivity (Wildman–Crippen MR) is 80.7 cm³/mol. The van der Waals surface area contributed by atoms with E-state index in [9.17, 15) is 12.8 Å². The first-order chi connectivity index (χ1) is 10.4. The molecular weight excluding hydrogens is 307 g/mol. The standard InChI is InChI=1S/C15H13FN2O3S/c1-9-3-5-11(6-4-9)22(19,20)18-14-7-12-10(2)17-21-15(12)8-13(14)16/h3-8,18H,1-2H3. The summed E-state index contributed by atoms with van der Waals surface area (Å²) in [6.07, 6.45) is 0. The highest BCUT2D eigenvalue weighted by Gasteiger charge is 2.18. The highest BCUT2D eigenvalue weighted by Crippen LogP contribution is 2.27. The van der Waals surface area contributed by atoms with Crippen LogP contribution in [0.2, 0.25) is 0 Å². The van der Waals surface area contributed by atoms with Gasteiger partial charge >= 0.3 is 0 Å². The molecule has 1 aromatic heterocycles. The van der Waals surface area contributed by atoms with Crippen molar-refractivity contribution in [1.82, 2.24) is 5.16 Å². The molecular formula is C15H13FN2O3S. The molecule has 3 rings (SSSR count). The van der Waals surface area contributed by atoms with Crippen molar-refractivity contribution in [1.29, 1.82) is 0 Å². The second-order valence-corrected chi connectivity index (χ2v) is 6.70. The minimum absolute atomic E-state index is 0.0691. The first-order valence-electron chi connectivity index (χ1n) is 6.52. The molecule has 3 aromatic rings. The molecule has 0 amide bonds. The van der Waals surface area contributed by atoms with Gasteiger partial charge in [-0.3, -0.25) is 4.72 Å². The van der Waals surface area contributed by atoms with Crippen LogP contribution in [0.25, 0.3) is 11.0 Å². The molecule has 0 saturated carbocycles. The topological polar surface area (TPSA) is 72.2 Å². The molecule has 0 aliphatic heterocycles. The van der Waals surface area contributed by atoms with E-state index in [4.69, 9.17) is 4.52 Å². The number of rotatable bonds is 3. The monoisotopic (exact) mass is 320 g/mol. The van der Waals surface area contributed by atoms with Crippen molar-refractivity contribution >= 4 is 26.7 Å². The van der Waals surface area contributed by atoms with E-state index in [0.29, 0.717) is 11.1 Å². The van der Waals surface area contributed by atoms with E-state index in [-0.39, 0.29) is 16.2 Å². The third kappa shape index (κ3) is 2.55. The fourth-order valence-electron chi connectivity index (χ4n) is 2.08. The molecule has 1 N–H and O–H groups in total. The van der Waals surface area contributed by atoms with Crippen LogP contribution < -0.4 is 4.72 Å². The second kappa shape index (κ2) is 5.10. The van der Waals surface area contributed by atoms with Gasteiger partial charge in [0.1, 0.15) is 0 Å². The SMILES string of the molecule is Cc1ccc(S(=O)(=O)Nc2cc3c(C)noc3cc2F)cc1. The van der Waals surface area contributed by atoms with Gasteiger partial charge in [0.15, 0.2) is 11.4 Å². The lowest BCUT2D eigenvalue weighted by molar-refractivity contribution is 0.449. The van der Waals surface area contributed by atoms with Gasteiger partial charge in [0.25, 0.3) is 10.0 Å². The van der Waals surface area contributed by atoms with Crippen molar-refractivity contribution in [2.75, 3.05) is 4.72 Å². The molecule has 1 heterocycles. The number of anilines is 1. The van der Waals surface area contributed by atoms with E-state index < -0.39 is 15.8 Å². The van der Waals surface area contributed by atoms with E-state index in [2.05, 4.69) is 9.88 Å². The highest BCUT2D eigenvalue weighted by atomic mass is 32.2. The van der Waals surface area contributed by atoms with Crippen LogP contribution in [-0.2, 0) is 10.0 Å². The number of aryl methyl sites for hydroxylation is 2. The average Bonchev–Trinajstić information content (AvgIpc) is 2.80. The molecule has 0 fully saturated rings. The Morgan fingerprint density at radius 1 is 1.14 bits per heavy atom. The maximum absolute atomic E-state index is 14.0. The molecule has 22 heavy (non-hydrogen) atoms. The van der Waals surface area contributed by atoms with Gasteiger partial charge in [0, 0.05) is 11.5 Å². The molecule has 0 aliphatic rings. The lowest BCUT2D eigenvalue weighted by atomic mass is 10.2. The zero-order valence-corrected chi connectivity index (χ0v) is 12.7. The Morgan fingerprint density at radius 2 is 1.82 bits per heavy atom. The molecule has 114 valence electrons. The predicted octanol–water partition coefficient (Wildman–Crippen LogP) is 3.38. The number of nitrogens with zero attached hydrogens (tertiary/aromatic N) is 1. The molecule has 0 saturated heterocycles. The van der Waals surface area contributed by atoms with E-state index in [0.717, 1.165) is 11.6 Å². The number of hydrogen-bond donors (Lipinski definition) is 1. The van der Waals surface area contributed by atoms with Gasteiger partial charge in [0.2, 0.25) is 0 Å². The summed E-state index contributed by atoms with van der Waals surface area (Å²) >= 11 is 0. The normalized spacial score (nSPS) is 11.8. The van der Waals surface area contributed by atoms with Crippen LogP contribution in [0.3, 0.4) is 0 Å². The van der Waals surface area contributed by atoms with Crippen molar-refractivity contribution in [3.8, 4) is 0 Å². The van der Waals surface area contributed by atoms with E-state index in [1.807, 2.05) is 6.92 Å². The zero-order valence-electron chi connectivity index (χ0n) is 11.9. The van der Waals surface area contributed by atoms with Crippen LogP contribution in [0.15, 0.2) is 45.8 Å². The maximum atomic E-state index is 14.0. The number of sulfonamides is 1. The van der Waals surface area contributed by atoms with Crippen LogP contribution in [0.4, 0.5) is 10.1 Å². The largest absolute Gasteiger partial charge is 0.356 e. The van der Waals surface area contributed by atoms with Crippen molar-refractivity contribution in [3.05, 3.63) is 53.5 Å². The van der Waals surface area contributed by atoms with Crippen molar-refractivity contribution < 1.29 is 17.3 Å². The summed E-state index contributed by atoms with van der Waals surface area (Å²) in [5, 5.41) is 4.28. The molecule has 0 radical (unpaired) electrons. The molecule has 5 nitrogen and oxygen atoms in total. The molecule has 2 aromatic carbocycles. The summed E-state index contributed by atoms with van der Waals surface area (Å²) in [4.78, 5) is 0.0691. The van der Waals surface area contributed by atoms with Crippen LogP contribution in [-0.4, -0.2) is 13.6 Å². The third-order valence-electron chi connectivity index (χ3n) is 3.32. The minimum Gasteiger partial charge on any atom is -0.356 e. The van der Waals surface area contributed by atoms with Crippen LogP contribution >= 0.6 is 0 Å². The summed E-state index contributed by atoms with van der Waals surface area (Å²) in [7, 11) is -3.86. The Hall–Kier alpha value is -2.41. The molecule has 7 heteroatoms. The van der Waals surface area contributed by atoms with Crippen LogP contribution in [0.5, 0.6) is 0 Å². The molecule has 0 atom stereocenters. The molecule has 0 aliphatic carbocycles. The summed E-state index contributed by atoms with van der Waals surface area (Å²) < 4.78 is 45.8. The summed E-state index contributed by atoms with van der Waals surface area (Å²) in [6.45, 7) is 3.55. The van der Waals surface area contributed by atoms with Crippen molar-refractivity contribution in [3.63, 3.8) is 0 Å². The summed E-state index contributed by atoms with van der Waals surface area (Å²) in [6, 6.07) is 8.79. The molecule has 0 unspecified atom stereocenters. The number of fused-ring (bicyclic) bond motifs is 1. The van der Waals surface area contributed by atoms with E-state index >= 15 is 0 Å². The van der Waals surface area contributed by atoms with Gasteiger partial charge in [-0.15, -0.1) is 0 Å². The lowest BCUT2D eigenvalue weighted by Gasteiger charge is -2.09. The number of halogens is 1. The molecule has 0 spiro atoms. The Bertz CT molecular complexity index is 947. The van der Waals surface area contributed by atoms with Crippen molar-refractivity contribution in [2.24, 2.45) is 0 Å². The molecule has 0 bridgehead atoms. The Kier molecular flexibility index (Phi) is 3.37.